The highest BCUT2D eigenvalue weighted by Gasteiger charge is 2.17. The average Bonchev–Trinajstić information content (AvgIpc) is 2.46. The molecule has 0 radical (unpaired) electrons. The summed E-state index contributed by atoms with van der Waals surface area (Å²) in [6.45, 7) is 2.72. The van der Waals surface area contributed by atoms with Crippen LogP contribution >= 0.6 is 34.8 Å². The van der Waals surface area contributed by atoms with Crippen molar-refractivity contribution >= 4 is 34.8 Å². The summed E-state index contributed by atoms with van der Waals surface area (Å²) in [6.07, 6.45) is 0.445. The number of halogens is 4. The molecule has 0 bridgehead atoms. The molecule has 5 heteroatoms. The van der Waals surface area contributed by atoms with E-state index < -0.39 is 0 Å². The molecule has 0 amide bonds. The van der Waals surface area contributed by atoms with E-state index in [2.05, 4.69) is 5.32 Å². The van der Waals surface area contributed by atoms with Crippen LogP contribution in [0.3, 0.4) is 0 Å². The molecule has 0 saturated heterocycles. The second-order valence-electron chi connectivity index (χ2n) is 4.69. The lowest BCUT2D eigenvalue weighted by atomic mass is 9.98. The van der Waals surface area contributed by atoms with E-state index in [4.69, 9.17) is 34.8 Å². The van der Waals surface area contributed by atoms with Gasteiger partial charge in [-0.1, -0.05) is 53.9 Å². The van der Waals surface area contributed by atoms with E-state index in [0.717, 1.165) is 12.1 Å². The predicted octanol–water partition coefficient (Wildman–Crippen LogP) is 5.68. The van der Waals surface area contributed by atoms with Gasteiger partial charge in [-0.25, -0.2) is 4.39 Å². The summed E-state index contributed by atoms with van der Waals surface area (Å²) in [5, 5.41) is 4.64. The summed E-state index contributed by atoms with van der Waals surface area (Å²) < 4.78 is 14.1. The van der Waals surface area contributed by atoms with Gasteiger partial charge in [-0.3, -0.25) is 0 Å². The van der Waals surface area contributed by atoms with Gasteiger partial charge in [0.2, 0.25) is 0 Å². The number of rotatable bonds is 5. The van der Waals surface area contributed by atoms with Gasteiger partial charge in [-0.15, -0.1) is 0 Å². The topological polar surface area (TPSA) is 12.0 Å². The quantitative estimate of drug-likeness (QED) is 0.734. The maximum absolute atomic E-state index is 14.1. The molecule has 0 heterocycles. The Hall–Kier alpha value is -0.800. The fourth-order valence-corrected chi connectivity index (χ4v) is 2.87. The van der Waals surface area contributed by atoms with E-state index in [-0.39, 0.29) is 16.9 Å². The zero-order chi connectivity index (χ0) is 15.4. The largest absolute Gasteiger partial charge is 0.310 e. The van der Waals surface area contributed by atoms with Crippen LogP contribution in [0.1, 0.15) is 24.1 Å². The van der Waals surface area contributed by atoms with Crippen molar-refractivity contribution in [1.29, 1.82) is 0 Å². The van der Waals surface area contributed by atoms with Crippen LogP contribution < -0.4 is 5.32 Å². The van der Waals surface area contributed by atoms with Crippen molar-refractivity contribution < 1.29 is 4.39 Å². The third kappa shape index (κ3) is 4.10. The summed E-state index contributed by atoms with van der Waals surface area (Å²) in [6, 6.07) is 10.2. The van der Waals surface area contributed by atoms with Crippen LogP contribution in [0.2, 0.25) is 15.1 Å². The van der Waals surface area contributed by atoms with E-state index in [1.165, 1.54) is 6.07 Å². The molecular weight excluding hydrogens is 332 g/mol. The van der Waals surface area contributed by atoms with Crippen molar-refractivity contribution in [2.45, 2.75) is 19.4 Å². The Morgan fingerprint density at radius 2 is 1.86 bits per heavy atom. The molecule has 2 rings (SSSR count). The van der Waals surface area contributed by atoms with Crippen LogP contribution in [0.15, 0.2) is 36.4 Å². The molecule has 21 heavy (non-hydrogen) atoms. The van der Waals surface area contributed by atoms with E-state index in [1.54, 1.807) is 30.3 Å². The molecule has 2 aromatic rings. The molecule has 112 valence electrons. The molecule has 1 nitrogen and oxygen atoms in total. The van der Waals surface area contributed by atoms with Crippen molar-refractivity contribution in [3.63, 3.8) is 0 Å². The Morgan fingerprint density at radius 1 is 1.10 bits per heavy atom. The third-order valence-corrected chi connectivity index (χ3v) is 4.11. The van der Waals surface area contributed by atoms with Gasteiger partial charge in [-0.05, 0) is 48.4 Å². The minimum atomic E-state index is -0.389. The molecular formula is C16H15Cl3FN. The summed E-state index contributed by atoms with van der Waals surface area (Å²) in [7, 11) is 0. The molecule has 0 aliphatic rings. The first-order chi connectivity index (χ1) is 10.0. The Balaban J connectivity index is 2.35. The average molecular weight is 347 g/mol. The molecule has 1 N–H and O–H groups in total. The normalized spacial score (nSPS) is 12.4. The Bertz CT molecular complexity index is 631. The summed E-state index contributed by atoms with van der Waals surface area (Å²) in [4.78, 5) is 0. The molecule has 0 aliphatic carbocycles. The van der Waals surface area contributed by atoms with E-state index in [9.17, 15) is 4.39 Å². The van der Waals surface area contributed by atoms with Crippen molar-refractivity contribution in [3.8, 4) is 0 Å². The van der Waals surface area contributed by atoms with Gasteiger partial charge in [-0.2, -0.15) is 0 Å². The lowest BCUT2D eigenvalue weighted by Gasteiger charge is -2.20. The highest BCUT2D eigenvalue weighted by Crippen LogP contribution is 2.30. The SMILES string of the molecule is CCNC(Cc1cccc(Cl)c1F)c1cc(Cl)ccc1Cl. The van der Waals surface area contributed by atoms with E-state index >= 15 is 0 Å². The molecule has 1 unspecified atom stereocenters. The molecule has 0 saturated carbocycles. The van der Waals surface area contributed by atoms with Crippen molar-refractivity contribution in [3.05, 3.63) is 68.4 Å². The van der Waals surface area contributed by atoms with Gasteiger partial charge < -0.3 is 5.32 Å². The first kappa shape index (κ1) is 16.6. The summed E-state index contributed by atoms with van der Waals surface area (Å²) in [5.41, 5.74) is 1.40. The first-order valence-corrected chi connectivity index (χ1v) is 7.77. The van der Waals surface area contributed by atoms with Crippen LogP contribution in [0, 0.1) is 5.82 Å². The Kier molecular flexibility index (Phi) is 5.88. The zero-order valence-corrected chi connectivity index (χ0v) is 13.7. The van der Waals surface area contributed by atoms with Crippen LogP contribution in [0.5, 0.6) is 0 Å². The predicted molar refractivity (Wildman–Crippen MR) is 88.0 cm³/mol. The molecule has 0 spiro atoms. The molecule has 2 aromatic carbocycles. The smallest absolute Gasteiger partial charge is 0.145 e. The maximum Gasteiger partial charge on any atom is 0.145 e. The van der Waals surface area contributed by atoms with Crippen molar-refractivity contribution in [1.82, 2.24) is 5.32 Å². The van der Waals surface area contributed by atoms with Crippen LogP contribution in [-0.4, -0.2) is 6.54 Å². The van der Waals surface area contributed by atoms with Gasteiger partial charge in [0.1, 0.15) is 5.82 Å². The Labute approximate surface area is 139 Å². The maximum atomic E-state index is 14.1. The lowest BCUT2D eigenvalue weighted by molar-refractivity contribution is 0.528. The van der Waals surface area contributed by atoms with Crippen LogP contribution in [0.4, 0.5) is 4.39 Å². The van der Waals surface area contributed by atoms with Gasteiger partial charge in [0.15, 0.2) is 0 Å². The third-order valence-electron chi connectivity index (χ3n) is 3.24. The van der Waals surface area contributed by atoms with Gasteiger partial charge in [0.25, 0.3) is 0 Å². The van der Waals surface area contributed by atoms with E-state index in [1.807, 2.05) is 6.92 Å². The second-order valence-corrected chi connectivity index (χ2v) is 5.94. The van der Waals surface area contributed by atoms with Gasteiger partial charge in [0, 0.05) is 16.1 Å². The number of hydrogen-bond donors (Lipinski definition) is 1. The van der Waals surface area contributed by atoms with E-state index in [0.29, 0.717) is 22.0 Å². The fraction of sp³-hybridized carbons (Fsp3) is 0.250. The number of nitrogens with one attached hydrogen (secondary N) is 1. The first-order valence-electron chi connectivity index (χ1n) is 6.64. The highest BCUT2D eigenvalue weighted by atomic mass is 35.5. The summed E-state index contributed by atoms with van der Waals surface area (Å²) in [5.74, 6) is -0.389. The van der Waals surface area contributed by atoms with Crippen LogP contribution in [-0.2, 0) is 6.42 Å². The molecule has 0 aromatic heterocycles. The van der Waals surface area contributed by atoms with Gasteiger partial charge >= 0.3 is 0 Å². The summed E-state index contributed by atoms with van der Waals surface area (Å²) >= 11 is 18.1. The monoisotopic (exact) mass is 345 g/mol. The molecule has 0 fully saturated rings. The molecule has 0 aliphatic heterocycles. The Morgan fingerprint density at radius 3 is 2.57 bits per heavy atom. The number of hydrogen-bond acceptors (Lipinski definition) is 1. The highest BCUT2D eigenvalue weighted by molar-refractivity contribution is 6.33. The van der Waals surface area contributed by atoms with Crippen LogP contribution in [0.25, 0.3) is 0 Å². The fourth-order valence-electron chi connectivity index (χ4n) is 2.25. The minimum absolute atomic E-state index is 0.125. The van der Waals surface area contributed by atoms with Gasteiger partial charge in [0.05, 0.1) is 5.02 Å². The van der Waals surface area contributed by atoms with Crippen molar-refractivity contribution in [2.75, 3.05) is 6.54 Å². The lowest BCUT2D eigenvalue weighted by Crippen LogP contribution is -2.23. The van der Waals surface area contributed by atoms with Crippen molar-refractivity contribution in [2.24, 2.45) is 0 Å². The number of benzene rings is 2. The number of likely N-dealkylation sites (N-methyl/N-ethyl adjacent to an activating group) is 1. The second kappa shape index (κ2) is 7.46. The standard InChI is InChI=1S/C16H15Cl3FN/c1-2-21-15(12-9-11(17)6-7-13(12)18)8-10-4-3-5-14(19)16(10)20/h3-7,9,15,21H,2,8H2,1H3. The molecule has 1 atom stereocenters. The zero-order valence-electron chi connectivity index (χ0n) is 11.5. The minimum Gasteiger partial charge on any atom is -0.310 e.